The van der Waals surface area contributed by atoms with Crippen molar-refractivity contribution in [1.82, 2.24) is 0 Å². The van der Waals surface area contributed by atoms with Gasteiger partial charge in [0.1, 0.15) is 0 Å². The molecule has 0 N–H and O–H groups in total. The van der Waals surface area contributed by atoms with Gasteiger partial charge in [-0.3, -0.25) is 0 Å². The van der Waals surface area contributed by atoms with Crippen LogP contribution < -0.4 is 0 Å². The zero-order chi connectivity index (χ0) is 8.32. The van der Waals surface area contributed by atoms with Gasteiger partial charge in [0.25, 0.3) is 0 Å². The molecular formula is C10H18Sn. The molecule has 0 radical (unpaired) electrons. The summed E-state index contributed by atoms with van der Waals surface area (Å²) in [6.45, 7) is 2.35. The number of hydrogen-bond donors (Lipinski definition) is 0. The molecule has 0 amide bonds. The Kier molecular flexibility index (Phi) is 3.23. The van der Waals surface area contributed by atoms with E-state index in [-0.39, 0.29) is 0 Å². The van der Waals surface area contributed by atoms with Gasteiger partial charge in [-0.15, -0.1) is 0 Å². The molecule has 0 bridgehead atoms. The average Bonchev–Trinajstić information content (AvgIpc) is 2.06. The number of allylic oxidation sites excluding steroid dienone is 4. The molecule has 1 rings (SSSR count). The van der Waals surface area contributed by atoms with Crippen molar-refractivity contribution in [2.75, 3.05) is 0 Å². The van der Waals surface area contributed by atoms with E-state index >= 15 is 0 Å². The van der Waals surface area contributed by atoms with E-state index < -0.39 is 18.4 Å². The summed E-state index contributed by atoms with van der Waals surface area (Å²) in [5.41, 5.74) is 0. The molecule has 0 heterocycles. The zero-order valence-electron chi connectivity index (χ0n) is 7.85. The summed E-state index contributed by atoms with van der Waals surface area (Å²) in [5, 5.41) is 0. The van der Waals surface area contributed by atoms with Crippen LogP contribution >= 0.6 is 0 Å². The summed E-state index contributed by atoms with van der Waals surface area (Å²) in [6, 6.07) is 0. The van der Waals surface area contributed by atoms with Crippen LogP contribution in [-0.2, 0) is 0 Å². The van der Waals surface area contributed by atoms with Gasteiger partial charge in [0.15, 0.2) is 0 Å². The molecule has 0 nitrogen and oxygen atoms in total. The van der Waals surface area contributed by atoms with Gasteiger partial charge in [-0.2, -0.15) is 0 Å². The Hall–Kier alpha value is 0.279. The fraction of sp³-hybridized carbons (Fsp3) is 0.600. The molecule has 0 aromatic carbocycles. The molecule has 0 saturated carbocycles. The first-order valence-corrected chi connectivity index (χ1v) is 13.7. The van der Waals surface area contributed by atoms with Gasteiger partial charge in [0, 0.05) is 0 Å². The second kappa shape index (κ2) is 3.79. The third kappa shape index (κ3) is 2.36. The molecule has 0 fully saturated rings. The van der Waals surface area contributed by atoms with E-state index in [2.05, 4.69) is 35.0 Å². The quantitative estimate of drug-likeness (QED) is 0.664. The fourth-order valence-corrected chi connectivity index (χ4v) is 6.10. The number of rotatable bonds is 2. The van der Waals surface area contributed by atoms with Crippen molar-refractivity contribution in [3.05, 3.63) is 21.8 Å². The molecule has 11 heavy (non-hydrogen) atoms. The van der Waals surface area contributed by atoms with Crippen molar-refractivity contribution in [2.24, 2.45) is 0 Å². The van der Waals surface area contributed by atoms with E-state index in [1.54, 1.807) is 3.59 Å². The van der Waals surface area contributed by atoms with Gasteiger partial charge >= 0.3 is 74.3 Å². The second-order valence-electron chi connectivity index (χ2n) is 3.88. The van der Waals surface area contributed by atoms with Gasteiger partial charge in [-0.05, 0) is 0 Å². The summed E-state index contributed by atoms with van der Waals surface area (Å²) in [5.74, 6) is 0. The first-order chi connectivity index (χ1) is 5.17. The van der Waals surface area contributed by atoms with Crippen molar-refractivity contribution in [3.8, 4) is 0 Å². The van der Waals surface area contributed by atoms with Crippen molar-refractivity contribution >= 4 is 18.4 Å². The van der Waals surface area contributed by atoms with Crippen LogP contribution in [0.1, 0.15) is 19.8 Å². The topological polar surface area (TPSA) is 0 Å². The summed E-state index contributed by atoms with van der Waals surface area (Å²) >= 11 is -1.71. The average molecular weight is 257 g/mol. The van der Waals surface area contributed by atoms with Gasteiger partial charge in [-0.25, -0.2) is 0 Å². The minimum atomic E-state index is -1.71. The Morgan fingerprint density at radius 3 is 2.55 bits per heavy atom. The molecule has 0 spiro atoms. The predicted molar refractivity (Wildman–Crippen MR) is 54.4 cm³/mol. The van der Waals surface area contributed by atoms with E-state index in [1.165, 1.54) is 17.3 Å². The van der Waals surface area contributed by atoms with Crippen molar-refractivity contribution < 1.29 is 0 Å². The Morgan fingerprint density at radius 2 is 2.09 bits per heavy atom. The zero-order valence-corrected chi connectivity index (χ0v) is 10.7. The maximum absolute atomic E-state index is 2.52. The van der Waals surface area contributed by atoms with Gasteiger partial charge in [0.2, 0.25) is 0 Å². The van der Waals surface area contributed by atoms with Crippen LogP contribution in [0, 0.1) is 0 Å². The standard InChI is InChI=1S/C6H7.C2H5.2CH3.Sn/c1-2-4-6-5-3-1;1-2;;;/h1-2,6H,3,5H2;1H2,2H3;2*1H3;. The molecule has 1 aliphatic carbocycles. The van der Waals surface area contributed by atoms with E-state index in [1.807, 2.05) is 0 Å². The normalized spacial score (nSPS) is 18.3. The molecular weight excluding hydrogens is 239 g/mol. The van der Waals surface area contributed by atoms with Crippen LogP contribution in [0.5, 0.6) is 0 Å². The Balaban J connectivity index is 2.73. The molecule has 0 unspecified atom stereocenters. The molecule has 0 aromatic rings. The van der Waals surface area contributed by atoms with E-state index in [0.29, 0.717) is 0 Å². The molecule has 0 saturated heterocycles. The molecule has 0 atom stereocenters. The summed E-state index contributed by atoms with van der Waals surface area (Å²) in [7, 11) is 0. The third-order valence-electron chi connectivity index (χ3n) is 2.66. The monoisotopic (exact) mass is 258 g/mol. The molecule has 1 aliphatic rings. The predicted octanol–water partition coefficient (Wildman–Crippen LogP) is 3.53. The van der Waals surface area contributed by atoms with Crippen molar-refractivity contribution in [3.63, 3.8) is 0 Å². The second-order valence-corrected chi connectivity index (χ2v) is 18.3. The van der Waals surface area contributed by atoms with Crippen LogP contribution in [0.2, 0.25) is 14.3 Å². The van der Waals surface area contributed by atoms with Crippen molar-refractivity contribution in [1.29, 1.82) is 0 Å². The van der Waals surface area contributed by atoms with Gasteiger partial charge in [0.05, 0.1) is 0 Å². The van der Waals surface area contributed by atoms with Crippen LogP contribution in [0.3, 0.4) is 0 Å². The summed E-state index contributed by atoms with van der Waals surface area (Å²) in [6.07, 6.45) is 9.73. The Labute approximate surface area is 74.3 Å². The molecule has 0 aromatic heterocycles. The molecule has 1 heteroatoms. The Bertz CT molecular complexity index is 187. The van der Waals surface area contributed by atoms with Crippen LogP contribution in [0.25, 0.3) is 0 Å². The van der Waals surface area contributed by atoms with E-state index in [4.69, 9.17) is 0 Å². The van der Waals surface area contributed by atoms with E-state index in [9.17, 15) is 0 Å². The van der Waals surface area contributed by atoms with Crippen LogP contribution in [-0.4, -0.2) is 18.4 Å². The SMILES string of the molecule is C[CH2][Sn]([CH3])([CH3])[C]1=CCCC=C1. The summed E-state index contributed by atoms with van der Waals surface area (Å²) in [4.78, 5) is 5.05. The van der Waals surface area contributed by atoms with Crippen molar-refractivity contribution in [2.45, 2.75) is 34.1 Å². The number of hydrogen-bond acceptors (Lipinski definition) is 0. The van der Waals surface area contributed by atoms with E-state index in [0.717, 1.165) is 0 Å². The third-order valence-corrected chi connectivity index (χ3v) is 13.2. The first-order valence-electron chi connectivity index (χ1n) is 4.54. The van der Waals surface area contributed by atoms with Gasteiger partial charge < -0.3 is 0 Å². The minimum absolute atomic E-state index is 1.26. The van der Waals surface area contributed by atoms with Crippen LogP contribution in [0.4, 0.5) is 0 Å². The van der Waals surface area contributed by atoms with Crippen LogP contribution in [0.15, 0.2) is 21.8 Å². The fourth-order valence-electron chi connectivity index (χ4n) is 1.32. The summed E-state index contributed by atoms with van der Waals surface area (Å²) < 4.78 is 3.17. The first kappa shape index (κ1) is 9.37. The van der Waals surface area contributed by atoms with Gasteiger partial charge in [-0.1, -0.05) is 0 Å². The molecule has 0 aliphatic heterocycles. The Morgan fingerprint density at radius 1 is 1.36 bits per heavy atom. The maximum atomic E-state index is 2.52. The molecule has 62 valence electrons.